The summed E-state index contributed by atoms with van der Waals surface area (Å²) in [5.41, 5.74) is 1.57. The lowest BCUT2D eigenvalue weighted by Crippen LogP contribution is -2.48. The molecule has 0 bridgehead atoms. The van der Waals surface area contributed by atoms with Crippen molar-refractivity contribution in [2.24, 2.45) is 5.84 Å². The van der Waals surface area contributed by atoms with Gasteiger partial charge in [0.05, 0.1) is 13.4 Å². The van der Waals surface area contributed by atoms with E-state index in [4.69, 9.17) is 10.6 Å². The zero-order valence-corrected chi connectivity index (χ0v) is 12.6. The van der Waals surface area contributed by atoms with Crippen molar-refractivity contribution in [3.05, 3.63) is 0 Å². The molecule has 5 N–H and O–H groups in total. The summed E-state index contributed by atoms with van der Waals surface area (Å²) >= 11 is 0. The standard InChI is InChI=1S/C9H19N7O3S/c1-9(2,16-20(4,17)18)5-11-6-12-7(15-10)14-8(13-6)19-3/h16H,5,10H2,1-4H3,(H2,11,12,13,14,15). The van der Waals surface area contributed by atoms with Gasteiger partial charge in [0.25, 0.3) is 0 Å². The lowest BCUT2D eigenvalue weighted by Gasteiger charge is -2.25. The maximum Gasteiger partial charge on any atom is 0.322 e. The fraction of sp³-hybridized carbons (Fsp3) is 0.667. The fourth-order valence-corrected chi connectivity index (χ4v) is 2.51. The molecular weight excluding hydrogens is 286 g/mol. The highest BCUT2D eigenvalue weighted by Crippen LogP contribution is 2.11. The van der Waals surface area contributed by atoms with Crippen molar-refractivity contribution in [1.82, 2.24) is 19.7 Å². The zero-order chi connectivity index (χ0) is 15.4. The van der Waals surface area contributed by atoms with E-state index in [1.165, 1.54) is 7.11 Å². The van der Waals surface area contributed by atoms with Gasteiger partial charge in [-0.3, -0.25) is 5.43 Å². The molecule has 0 aliphatic heterocycles. The van der Waals surface area contributed by atoms with Gasteiger partial charge in [-0.05, 0) is 13.8 Å². The van der Waals surface area contributed by atoms with E-state index in [2.05, 4.69) is 30.4 Å². The number of nitrogens with zero attached hydrogens (tertiary/aromatic N) is 3. The smallest absolute Gasteiger partial charge is 0.322 e. The average molecular weight is 305 g/mol. The number of nitrogens with one attached hydrogen (secondary N) is 3. The summed E-state index contributed by atoms with van der Waals surface area (Å²) < 4.78 is 29.9. The van der Waals surface area contributed by atoms with Crippen LogP contribution in [0.2, 0.25) is 0 Å². The number of nitrogen functional groups attached to an aromatic ring is 1. The maximum absolute atomic E-state index is 11.2. The third-order valence-corrected chi connectivity index (χ3v) is 3.00. The van der Waals surface area contributed by atoms with E-state index in [0.717, 1.165) is 6.26 Å². The summed E-state index contributed by atoms with van der Waals surface area (Å²) in [6.45, 7) is 3.71. The van der Waals surface area contributed by atoms with Crippen molar-refractivity contribution >= 4 is 21.9 Å². The third kappa shape index (κ3) is 5.50. The monoisotopic (exact) mass is 305 g/mol. The number of hydrogen-bond acceptors (Lipinski definition) is 9. The molecule has 114 valence electrons. The van der Waals surface area contributed by atoms with Crippen LogP contribution in [0.15, 0.2) is 0 Å². The van der Waals surface area contributed by atoms with Crippen molar-refractivity contribution in [2.75, 3.05) is 30.7 Å². The number of hydrogen-bond donors (Lipinski definition) is 4. The van der Waals surface area contributed by atoms with E-state index in [1.807, 2.05) is 0 Å². The molecule has 0 aliphatic rings. The predicted molar refractivity (Wildman–Crippen MR) is 74.7 cm³/mol. The van der Waals surface area contributed by atoms with Crippen LogP contribution in [-0.4, -0.2) is 48.8 Å². The van der Waals surface area contributed by atoms with Gasteiger partial charge in [0, 0.05) is 12.1 Å². The number of anilines is 2. The summed E-state index contributed by atoms with van der Waals surface area (Å²) in [5, 5.41) is 2.89. The largest absolute Gasteiger partial charge is 0.467 e. The Morgan fingerprint density at radius 1 is 1.25 bits per heavy atom. The van der Waals surface area contributed by atoms with Crippen LogP contribution < -0.4 is 26.0 Å². The molecule has 1 aromatic rings. The second kappa shape index (κ2) is 6.15. The number of aromatic nitrogens is 3. The number of sulfonamides is 1. The Labute approximate surface area is 117 Å². The van der Waals surface area contributed by atoms with Crippen molar-refractivity contribution in [3.63, 3.8) is 0 Å². The molecule has 0 saturated carbocycles. The molecule has 0 amide bonds. The molecule has 11 heteroatoms. The molecule has 1 heterocycles. The molecule has 10 nitrogen and oxygen atoms in total. The molecule has 0 aliphatic carbocycles. The molecule has 0 unspecified atom stereocenters. The predicted octanol–water partition coefficient (Wildman–Crippen LogP) is -1.09. The van der Waals surface area contributed by atoms with Crippen LogP contribution in [0.3, 0.4) is 0 Å². The Morgan fingerprint density at radius 3 is 2.35 bits per heavy atom. The third-order valence-electron chi connectivity index (χ3n) is 2.08. The highest BCUT2D eigenvalue weighted by molar-refractivity contribution is 7.88. The first-order chi connectivity index (χ1) is 9.15. The van der Waals surface area contributed by atoms with Crippen LogP contribution in [0.25, 0.3) is 0 Å². The molecule has 1 aromatic heterocycles. The Kier molecular flexibility index (Phi) is 5.03. The Balaban J connectivity index is 2.78. The van der Waals surface area contributed by atoms with Gasteiger partial charge < -0.3 is 10.1 Å². The minimum Gasteiger partial charge on any atom is -0.467 e. The van der Waals surface area contributed by atoms with Crippen LogP contribution >= 0.6 is 0 Å². The minimum absolute atomic E-state index is 0.0873. The number of nitrogens with two attached hydrogens (primary N) is 1. The average Bonchev–Trinajstić information content (AvgIpc) is 2.33. The molecule has 0 fully saturated rings. The van der Waals surface area contributed by atoms with E-state index in [-0.39, 0.29) is 24.5 Å². The van der Waals surface area contributed by atoms with E-state index in [0.29, 0.717) is 0 Å². The molecule has 0 atom stereocenters. The first-order valence-corrected chi connectivity index (χ1v) is 7.54. The van der Waals surface area contributed by atoms with Gasteiger partial charge in [0.1, 0.15) is 0 Å². The van der Waals surface area contributed by atoms with Gasteiger partial charge in [0.15, 0.2) is 0 Å². The maximum atomic E-state index is 11.2. The highest BCUT2D eigenvalue weighted by Gasteiger charge is 2.22. The molecule has 1 rings (SSSR count). The normalized spacial score (nSPS) is 12.1. The first kappa shape index (κ1) is 16.3. The Hall–Kier alpha value is -1.72. The quantitative estimate of drug-likeness (QED) is 0.364. The Morgan fingerprint density at radius 2 is 1.85 bits per heavy atom. The molecule has 0 spiro atoms. The number of rotatable bonds is 7. The first-order valence-electron chi connectivity index (χ1n) is 5.65. The summed E-state index contributed by atoms with van der Waals surface area (Å²) in [4.78, 5) is 11.8. The van der Waals surface area contributed by atoms with Crippen molar-refractivity contribution < 1.29 is 13.2 Å². The van der Waals surface area contributed by atoms with Crippen LogP contribution in [0.4, 0.5) is 11.9 Å². The van der Waals surface area contributed by atoms with Gasteiger partial charge >= 0.3 is 6.01 Å². The summed E-state index contributed by atoms with van der Waals surface area (Å²) in [6, 6.07) is 0.0873. The summed E-state index contributed by atoms with van der Waals surface area (Å²) in [5.74, 6) is 5.58. The molecule has 0 saturated heterocycles. The van der Waals surface area contributed by atoms with Gasteiger partial charge in [0.2, 0.25) is 21.9 Å². The SMILES string of the molecule is COc1nc(NN)nc(NCC(C)(C)NS(C)(=O)=O)n1. The second-order valence-electron chi connectivity index (χ2n) is 4.73. The number of hydrazine groups is 1. The Bertz CT molecular complexity index is 538. The summed E-state index contributed by atoms with van der Waals surface area (Å²) in [6.07, 6.45) is 1.09. The van der Waals surface area contributed by atoms with Crippen LogP contribution in [-0.2, 0) is 10.0 Å². The second-order valence-corrected chi connectivity index (χ2v) is 6.47. The van der Waals surface area contributed by atoms with E-state index in [9.17, 15) is 8.42 Å². The zero-order valence-electron chi connectivity index (χ0n) is 11.8. The van der Waals surface area contributed by atoms with E-state index >= 15 is 0 Å². The minimum atomic E-state index is -3.31. The molecule has 0 aromatic carbocycles. The molecule has 0 radical (unpaired) electrons. The van der Waals surface area contributed by atoms with Crippen LogP contribution in [0.5, 0.6) is 6.01 Å². The van der Waals surface area contributed by atoms with E-state index in [1.54, 1.807) is 13.8 Å². The van der Waals surface area contributed by atoms with Crippen molar-refractivity contribution in [1.29, 1.82) is 0 Å². The molecular formula is C9H19N7O3S. The fourth-order valence-electron chi connectivity index (χ4n) is 1.43. The van der Waals surface area contributed by atoms with Gasteiger partial charge in [-0.15, -0.1) is 0 Å². The lowest BCUT2D eigenvalue weighted by molar-refractivity contribution is 0.379. The number of methoxy groups -OCH3 is 1. The highest BCUT2D eigenvalue weighted by atomic mass is 32.2. The van der Waals surface area contributed by atoms with Crippen LogP contribution in [0.1, 0.15) is 13.8 Å². The van der Waals surface area contributed by atoms with Crippen LogP contribution in [0, 0.1) is 0 Å². The topological polar surface area (TPSA) is 144 Å². The van der Waals surface area contributed by atoms with Gasteiger partial charge in [-0.25, -0.2) is 19.0 Å². The number of ether oxygens (including phenoxy) is 1. The van der Waals surface area contributed by atoms with Gasteiger partial charge in [-0.1, -0.05) is 0 Å². The summed E-state index contributed by atoms with van der Waals surface area (Å²) in [7, 11) is -1.90. The van der Waals surface area contributed by atoms with Gasteiger partial charge in [-0.2, -0.15) is 15.0 Å². The molecule has 20 heavy (non-hydrogen) atoms. The van der Waals surface area contributed by atoms with Crippen molar-refractivity contribution in [2.45, 2.75) is 19.4 Å². The van der Waals surface area contributed by atoms with E-state index < -0.39 is 15.6 Å². The lowest BCUT2D eigenvalue weighted by atomic mass is 10.1. The van der Waals surface area contributed by atoms with Crippen molar-refractivity contribution in [3.8, 4) is 6.01 Å².